The molecule has 2 nitrogen and oxygen atoms in total. The van der Waals surface area contributed by atoms with Crippen LogP contribution in [0.25, 0.3) is 10.9 Å². The minimum Gasteiger partial charge on any atom is -0.495 e. The molecule has 0 fully saturated rings. The van der Waals surface area contributed by atoms with Crippen molar-refractivity contribution in [3.63, 3.8) is 0 Å². The van der Waals surface area contributed by atoms with Crippen molar-refractivity contribution in [1.82, 2.24) is 4.57 Å². The topological polar surface area (TPSA) is 14.2 Å². The van der Waals surface area contributed by atoms with Crippen LogP contribution in [0, 0.1) is 6.92 Å². The van der Waals surface area contributed by atoms with Gasteiger partial charge in [-0.2, -0.15) is 0 Å². The summed E-state index contributed by atoms with van der Waals surface area (Å²) in [6.45, 7) is 2.10. The van der Waals surface area contributed by atoms with Gasteiger partial charge in [0.05, 0.1) is 17.1 Å². The molecule has 1 aromatic heterocycles. The van der Waals surface area contributed by atoms with E-state index in [9.17, 15) is 0 Å². The van der Waals surface area contributed by atoms with Gasteiger partial charge in [-0.3, -0.25) is 0 Å². The van der Waals surface area contributed by atoms with Crippen LogP contribution in [-0.2, 0) is 7.05 Å². The van der Waals surface area contributed by atoms with Crippen LogP contribution in [0.1, 0.15) is 5.69 Å². The summed E-state index contributed by atoms with van der Waals surface area (Å²) in [6, 6.07) is 6.30. The third-order valence-electron chi connectivity index (χ3n) is 2.56. The molecule has 0 amide bonds. The summed E-state index contributed by atoms with van der Waals surface area (Å²) in [5, 5.41) is 1.23. The van der Waals surface area contributed by atoms with Gasteiger partial charge >= 0.3 is 0 Å². The van der Waals surface area contributed by atoms with Crippen LogP contribution in [-0.4, -0.2) is 11.7 Å². The lowest BCUT2D eigenvalue weighted by atomic mass is 10.2. The van der Waals surface area contributed by atoms with Crippen LogP contribution >= 0.6 is 15.9 Å². The number of benzene rings is 1. The van der Waals surface area contributed by atoms with E-state index in [4.69, 9.17) is 4.74 Å². The van der Waals surface area contributed by atoms with Crippen molar-refractivity contribution < 1.29 is 4.74 Å². The summed E-state index contributed by atoms with van der Waals surface area (Å²) >= 11 is 3.48. The molecule has 0 unspecified atom stereocenters. The molecule has 74 valence electrons. The summed E-state index contributed by atoms with van der Waals surface area (Å²) in [7, 11) is 3.74. The largest absolute Gasteiger partial charge is 0.495 e. The van der Waals surface area contributed by atoms with E-state index in [0.717, 1.165) is 10.2 Å². The van der Waals surface area contributed by atoms with Gasteiger partial charge in [-0.15, -0.1) is 0 Å². The Bertz CT molecular complexity index is 487. The number of aromatic nitrogens is 1. The minimum atomic E-state index is 0.874. The van der Waals surface area contributed by atoms with Crippen LogP contribution in [0.2, 0.25) is 0 Å². The molecule has 0 saturated heterocycles. The van der Waals surface area contributed by atoms with Crippen molar-refractivity contribution in [3.05, 3.63) is 28.4 Å². The number of ether oxygens (including phenoxy) is 1. The van der Waals surface area contributed by atoms with Gasteiger partial charge in [0.15, 0.2) is 0 Å². The van der Waals surface area contributed by atoms with Crippen molar-refractivity contribution >= 4 is 26.8 Å². The molecule has 2 aromatic rings. The second-order valence-electron chi connectivity index (χ2n) is 3.39. The van der Waals surface area contributed by atoms with Crippen LogP contribution in [0.5, 0.6) is 5.75 Å². The zero-order valence-corrected chi connectivity index (χ0v) is 10.1. The second kappa shape index (κ2) is 3.31. The fraction of sp³-hybridized carbons (Fsp3) is 0.273. The third-order valence-corrected chi connectivity index (χ3v) is 3.18. The molecule has 0 N–H and O–H groups in total. The lowest BCUT2D eigenvalue weighted by Crippen LogP contribution is -1.90. The van der Waals surface area contributed by atoms with E-state index in [1.54, 1.807) is 7.11 Å². The fourth-order valence-corrected chi connectivity index (χ4v) is 2.16. The van der Waals surface area contributed by atoms with E-state index >= 15 is 0 Å². The van der Waals surface area contributed by atoms with E-state index in [0.29, 0.717) is 0 Å². The Labute approximate surface area is 91.6 Å². The van der Waals surface area contributed by atoms with Crippen LogP contribution in [0.3, 0.4) is 0 Å². The highest BCUT2D eigenvalue weighted by molar-refractivity contribution is 9.10. The number of halogens is 1. The Morgan fingerprint density at radius 3 is 2.64 bits per heavy atom. The Kier molecular flexibility index (Phi) is 2.27. The van der Waals surface area contributed by atoms with Gasteiger partial charge < -0.3 is 9.30 Å². The average Bonchev–Trinajstić information content (AvgIpc) is 2.41. The van der Waals surface area contributed by atoms with Crippen LogP contribution < -0.4 is 4.74 Å². The molecule has 0 spiro atoms. The first-order chi connectivity index (χ1) is 6.63. The van der Waals surface area contributed by atoms with E-state index in [1.807, 2.05) is 6.07 Å². The van der Waals surface area contributed by atoms with Crippen molar-refractivity contribution in [1.29, 1.82) is 0 Å². The summed E-state index contributed by atoms with van der Waals surface area (Å²) in [4.78, 5) is 0. The Morgan fingerprint density at radius 1 is 1.29 bits per heavy atom. The van der Waals surface area contributed by atoms with Gasteiger partial charge in [0.1, 0.15) is 5.75 Å². The van der Waals surface area contributed by atoms with Crippen molar-refractivity contribution in [2.24, 2.45) is 7.05 Å². The summed E-state index contributed by atoms with van der Waals surface area (Å²) in [6.07, 6.45) is 0. The molecular weight excluding hydrogens is 242 g/mol. The lowest BCUT2D eigenvalue weighted by molar-refractivity contribution is 0.412. The van der Waals surface area contributed by atoms with Gasteiger partial charge in [0.2, 0.25) is 0 Å². The zero-order chi connectivity index (χ0) is 10.3. The zero-order valence-electron chi connectivity index (χ0n) is 8.47. The van der Waals surface area contributed by atoms with E-state index in [2.05, 4.69) is 46.6 Å². The first-order valence-corrected chi connectivity index (χ1v) is 5.22. The highest BCUT2D eigenvalue weighted by atomic mass is 79.9. The second-order valence-corrected chi connectivity index (χ2v) is 4.24. The third kappa shape index (κ3) is 1.32. The predicted molar refractivity (Wildman–Crippen MR) is 61.9 cm³/mol. The van der Waals surface area contributed by atoms with Gasteiger partial charge in [0, 0.05) is 24.2 Å². The minimum absolute atomic E-state index is 0.874. The summed E-state index contributed by atoms with van der Waals surface area (Å²) < 4.78 is 8.41. The molecule has 0 saturated carbocycles. The van der Waals surface area contributed by atoms with Crippen molar-refractivity contribution in [3.8, 4) is 5.75 Å². The molecule has 0 bridgehead atoms. The lowest BCUT2D eigenvalue weighted by Gasteiger charge is -2.04. The molecule has 3 heteroatoms. The van der Waals surface area contributed by atoms with Crippen LogP contribution in [0.15, 0.2) is 22.7 Å². The highest BCUT2D eigenvalue weighted by Gasteiger charge is 2.07. The standard InChI is InChI=1S/C11H12BrNO/c1-7-4-8-5-9(12)11(14-3)6-10(8)13(7)2/h4-6H,1-3H3. The molecule has 0 aliphatic rings. The fourth-order valence-electron chi connectivity index (χ4n) is 1.63. The molecule has 0 atom stereocenters. The maximum absolute atomic E-state index is 5.26. The predicted octanol–water partition coefficient (Wildman–Crippen LogP) is 3.26. The maximum Gasteiger partial charge on any atom is 0.135 e. The van der Waals surface area contributed by atoms with Gasteiger partial charge in [-0.1, -0.05) is 0 Å². The maximum atomic E-state index is 5.26. The Balaban J connectivity index is 2.80. The molecule has 1 aromatic carbocycles. The van der Waals surface area contributed by atoms with E-state index < -0.39 is 0 Å². The number of aryl methyl sites for hydroxylation is 2. The summed E-state index contributed by atoms with van der Waals surface area (Å²) in [5.41, 5.74) is 2.45. The number of fused-ring (bicyclic) bond motifs is 1. The molecule has 0 aliphatic heterocycles. The molecule has 1 heterocycles. The summed E-state index contributed by atoms with van der Waals surface area (Å²) in [5.74, 6) is 0.874. The molecule has 0 aliphatic carbocycles. The first kappa shape index (κ1) is 9.59. The smallest absolute Gasteiger partial charge is 0.135 e. The highest BCUT2D eigenvalue weighted by Crippen LogP contribution is 2.31. The monoisotopic (exact) mass is 253 g/mol. The van der Waals surface area contributed by atoms with E-state index in [-0.39, 0.29) is 0 Å². The van der Waals surface area contributed by atoms with Gasteiger partial charge in [0.25, 0.3) is 0 Å². The number of hydrogen-bond donors (Lipinski definition) is 0. The van der Waals surface area contributed by atoms with Crippen molar-refractivity contribution in [2.75, 3.05) is 7.11 Å². The number of methoxy groups -OCH3 is 1. The van der Waals surface area contributed by atoms with Crippen molar-refractivity contribution in [2.45, 2.75) is 6.92 Å². The van der Waals surface area contributed by atoms with Gasteiger partial charge in [-0.25, -0.2) is 0 Å². The SMILES string of the molecule is COc1cc2c(cc1Br)cc(C)n2C. The molecule has 14 heavy (non-hydrogen) atoms. The average molecular weight is 254 g/mol. The normalized spacial score (nSPS) is 10.9. The molecular formula is C11H12BrNO. The molecule has 2 rings (SSSR count). The Morgan fingerprint density at radius 2 is 2.00 bits per heavy atom. The number of nitrogens with zero attached hydrogens (tertiary/aromatic N) is 1. The van der Waals surface area contributed by atoms with E-state index in [1.165, 1.54) is 16.6 Å². The van der Waals surface area contributed by atoms with Gasteiger partial charge in [-0.05, 0) is 35.0 Å². The first-order valence-electron chi connectivity index (χ1n) is 4.43. The molecule has 0 radical (unpaired) electrons. The number of rotatable bonds is 1. The Hall–Kier alpha value is -0.960. The van der Waals surface area contributed by atoms with Crippen LogP contribution in [0.4, 0.5) is 0 Å². The quantitative estimate of drug-likeness (QED) is 0.761. The number of hydrogen-bond acceptors (Lipinski definition) is 1.